The van der Waals surface area contributed by atoms with Gasteiger partial charge in [0.25, 0.3) is 0 Å². The smallest absolute Gasteiger partial charge is 0.387 e. The summed E-state index contributed by atoms with van der Waals surface area (Å²) in [6, 6.07) is 9.86. The molecule has 0 aliphatic carbocycles. The van der Waals surface area contributed by atoms with Gasteiger partial charge in [0.2, 0.25) is 5.91 Å². The van der Waals surface area contributed by atoms with Gasteiger partial charge in [-0.05, 0) is 44.0 Å². The first-order valence-electron chi connectivity index (χ1n) is 8.42. The van der Waals surface area contributed by atoms with Crippen LogP contribution in [-0.4, -0.2) is 35.8 Å². The molecule has 1 N–H and O–H groups in total. The molecule has 1 saturated heterocycles. The van der Waals surface area contributed by atoms with Crippen molar-refractivity contribution in [2.45, 2.75) is 26.4 Å². The first-order valence-corrected chi connectivity index (χ1v) is 8.42. The van der Waals surface area contributed by atoms with Crippen LogP contribution in [0.4, 0.5) is 20.3 Å². The topological polar surface area (TPSA) is 67.4 Å². The van der Waals surface area contributed by atoms with Gasteiger partial charge in [0.15, 0.2) is 5.82 Å². The van der Waals surface area contributed by atoms with Gasteiger partial charge in [0, 0.05) is 30.8 Å². The van der Waals surface area contributed by atoms with E-state index in [-0.39, 0.29) is 17.6 Å². The summed E-state index contributed by atoms with van der Waals surface area (Å²) in [7, 11) is 0. The molecule has 1 aromatic carbocycles. The highest BCUT2D eigenvalue weighted by Crippen LogP contribution is 2.24. The Morgan fingerprint density at radius 1 is 1.23 bits per heavy atom. The van der Waals surface area contributed by atoms with Crippen molar-refractivity contribution in [3.05, 3.63) is 42.1 Å². The quantitative estimate of drug-likeness (QED) is 0.884. The monoisotopic (exact) mass is 362 g/mol. The minimum Gasteiger partial charge on any atom is -0.435 e. The van der Waals surface area contributed by atoms with E-state index in [0.29, 0.717) is 31.6 Å². The van der Waals surface area contributed by atoms with Gasteiger partial charge in [-0.2, -0.15) is 13.9 Å². The van der Waals surface area contributed by atoms with E-state index < -0.39 is 6.61 Å². The number of halogens is 2. The van der Waals surface area contributed by atoms with Gasteiger partial charge in [-0.15, -0.1) is 5.10 Å². The third-order valence-corrected chi connectivity index (χ3v) is 4.30. The zero-order valence-corrected chi connectivity index (χ0v) is 14.4. The van der Waals surface area contributed by atoms with Crippen LogP contribution in [0.25, 0.3) is 0 Å². The van der Waals surface area contributed by atoms with Crippen LogP contribution in [0.15, 0.2) is 36.4 Å². The normalized spacial score (nSPS) is 15.2. The molecule has 1 aliphatic heterocycles. The fraction of sp³-hybridized carbons (Fsp3) is 0.389. The first kappa shape index (κ1) is 18.0. The molecule has 1 aromatic heterocycles. The van der Waals surface area contributed by atoms with Crippen LogP contribution in [0.3, 0.4) is 0 Å². The molecule has 6 nitrogen and oxygen atoms in total. The Kier molecular flexibility index (Phi) is 5.60. The number of rotatable bonds is 5. The van der Waals surface area contributed by atoms with Crippen molar-refractivity contribution < 1.29 is 18.3 Å². The lowest BCUT2D eigenvalue weighted by atomic mass is 9.96. The zero-order valence-electron chi connectivity index (χ0n) is 14.4. The van der Waals surface area contributed by atoms with Crippen molar-refractivity contribution in [3.8, 4) is 5.75 Å². The van der Waals surface area contributed by atoms with Crippen LogP contribution in [0, 0.1) is 12.8 Å². The summed E-state index contributed by atoms with van der Waals surface area (Å²) >= 11 is 0. The number of amides is 1. The number of benzene rings is 1. The fourth-order valence-electron chi connectivity index (χ4n) is 2.93. The summed E-state index contributed by atoms with van der Waals surface area (Å²) in [4.78, 5) is 14.5. The lowest BCUT2D eigenvalue weighted by Crippen LogP contribution is -2.38. The van der Waals surface area contributed by atoms with Crippen LogP contribution in [0.5, 0.6) is 5.75 Å². The molecular formula is C18H20F2N4O2. The number of nitrogens with one attached hydrogen (secondary N) is 1. The van der Waals surface area contributed by atoms with Crippen LogP contribution in [0.2, 0.25) is 0 Å². The number of piperidine rings is 1. The zero-order chi connectivity index (χ0) is 18.5. The van der Waals surface area contributed by atoms with E-state index in [0.717, 1.165) is 11.5 Å². The summed E-state index contributed by atoms with van der Waals surface area (Å²) < 4.78 is 28.9. The van der Waals surface area contributed by atoms with E-state index >= 15 is 0 Å². The number of carbonyl (C=O) groups is 1. The molecular weight excluding hydrogens is 342 g/mol. The van der Waals surface area contributed by atoms with Crippen LogP contribution in [-0.2, 0) is 4.79 Å². The van der Waals surface area contributed by atoms with Gasteiger partial charge in [-0.3, -0.25) is 4.79 Å². The highest BCUT2D eigenvalue weighted by molar-refractivity contribution is 5.92. The minimum absolute atomic E-state index is 0.0190. The number of aryl methyl sites for hydroxylation is 1. The lowest BCUT2D eigenvalue weighted by molar-refractivity contribution is -0.120. The van der Waals surface area contributed by atoms with E-state index in [1.54, 1.807) is 12.1 Å². The van der Waals surface area contributed by atoms with Crippen molar-refractivity contribution in [2.75, 3.05) is 23.3 Å². The Morgan fingerprint density at radius 3 is 2.65 bits per heavy atom. The van der Waals surface area contributed by atoms with Crippen molar-refractivity contribution in [2.24, 2.45) is 5.92 Å². The van der Waals surface area contributed by atoms with Gasteiger partial charge >= 0.3 is 6.61 Å². The average Bonchev–Trinajstić information content (AvgIpc) is 2.62. The van der Waals surface area contributed by atoms with E-state index in [1.807, 2.05) is 19.1 Å². The number of carbonyl (C=O) groups excluding carboxylic acids is 1. The largest absolute Gasteiger partial charge is 0.435 e. The average molecular weight is 362 g/mol. The predicted molar refractivity (Wildman–Crippen MR) is 93.4 cm³/mol. The second-order valence-corrected chi connectivity index (χ2v) is 6.19. The van der Waals surface area contributed by atoms with Crippen LogP contribution < -0.4 is 15.0 Å². The third-order valence-electron chi connectivity index (χ3n) is 4.30. The lowest BCUT2D eigenvalue weighted by Gasteiger charge is -2.31. The van der Waals surface area contributed by atoms with Crippen molar-refractivity contribution >= 4 is 17.4 Å². The molecule has 1 aliphatic rings. The third kappa shape index (κ3) is 4.65. The highest BCUT2D eigenvalue weighted by Gasteiger charge is 2.26. The molecule has 0 unspecified atom stereocenters. The fourth-order valence-corrected chi connectivity index (χ4v) is 2.93. The van der Waals surface area contributed by atoms with Crippen LogP contribution in [0.1, 0.15) is 18.5 Å². The number of ether oxygens (including phenoxy) is 1. The van der Waals surface area contributed by atoms with Gasteiger partial charge in [-0.25, -0.2) is 0 Å². The SMILES string of the molecule is Cc1ccc(N2CCC(C(=O)Nc3cccc(OC(F)F)c3)CC2)nn1. The number of nitrogens with zero attached hydrogens (tertiary/aromatic N) is 3. The Morgan fingerprint density at radius 2 is 2.00 bits per heavy atom. The molecule has 1 amide bonds. The number of hydrogen-bond donors (Lipinski definition) is 1. The molecule has 8 heteroatoms. The van der Waals surface area contributed by atoms with E-state index in [9.17, 15) is 13.6 Å². The molecule has 26 heavy (non-hydrogen) atoms. The number of hydrogen-bond acceptors (Lipinski definition) is 5. The molecule has 138 valence electrons. The molecule has 0 spiro atoms. The second kappa shape index (κ2) is 8.07. The molecule has 2 heterocycles. The summed E-state index contributed by atoms with van der Waals surface area (Å²) in [5, 5.41) is 11.0. The van der Waals surface area contributed by atoms with E-state index in [4.69, 9.17) is 0 Å². The summed E-state index contributed by atoms with van der Waals surface area (Å²) in [6.07, 6.45) is 1.38. The molecule has 0 bridgehead atoms. The first-order chi connectivity index (χ1) is 12.5. The van der Waals surface area contributed by atoms with Gasteiger partial charge < -0.3 is 15.0 Å². The van der Waals surface area contributed by atoms with Gasteiger partial charge in [0.1, 0.15) is 5.75 Å². The van der Waals surface area contributed by atoms with E-state index in [2.05, 4.69) is 25.2 Å². The van der Waals surface area contributed by atoms with E-state index in [1.165, 1.54) is 12.1 Å². The summed E-state index contributed by atoms with van der Waals surface area (Å²) in [5.41, 5.74) is 1.31. The Bertz CT molecular complexity index is 747. The van der Waals surface area contributed by atoms with Gasteiger partial charge in [-0.1, -0.05) is 6.07 Å². The number of anilines is 2. The Balaban J connectivity index is 1.54. The molecule has 0 radical (unpaired) electrons. The molecule has 2 aromatic rings. The standard InChI is InChI=1S/C18H20F2N4O2/c1-12-5-6-16(23-22-12)24-9-7-13(8-10-24)17(25)21-14-3-2-4-15(11-14)26-18(19)20/h2-6,11,13,18H,7-10H2,1H3,(H,21,25). The maximum absolute atomic E-state index is 12.4. The number of aromatic nitrogens is 2. The Hall–Kier alpha value is -2.77. The molecule has 0 saturated carbocycles. The molecule has 0 atom stereocenters. The van der Waals surface area contributed by atoms with Crippen molar-refractivity contribution in [1.29, 1.82) is 0 Å². The predicted octanol–water partition coefficient (Wildman–Crippen LogP) is 3.24. The molecule has 1 fully saturated rings. The van der Waals surface area contributed by atoms with Crippen LogP contribution >= 0.6 is 0 Å². The van der Waals surface area contributed by atoms with Crippen molar-refractivity contribution in [1.82, 2.24) is 10.2 Å². The number of alkyl halides is 2. The molecule has 3 rings (SSSR count). The maximum Gasteiger partial charge on any atom is 0.387 e. The second-order valence-electron chi connectivity index (χ2n) is 6.19. The Labute approximate surface area is 150 Å². The summed E-state index contributed by atoms with van der Waals surface area (Å²) in [5.74, 6) is 0.579. The maximum atomic E-state index is 12.4. The van der Waals surface area contributed by atoms with Crippen molar-refractivity contribution in [3.63, 3.8) is 0 Å². The summed E-state index contributed by atoms with van der Waals surface area (Å²) in [6.45, 7) is 0.416. The highest BCUT2D eigenvalue weighted by atomic mass is 19.3. The minimum atomic E-state index is -2.89. The van der Waals surface area contributed by atoms with Gasteiger partial charge in [0.05, 0.1) is 5.69 Å².